The van der Waals surface area contributed by atoms with Gasteiger partial charge >= 0.3 is 5.69 Å². The van der Waals surface area contributed by atoms with Crippen molar-refractivity contribution in [1.29, 1.82) is 0 Å². The van der Waals surface area contributed by atoms with Crippen LogP contribution in [0.25, 0.3) is 0 Å². The molecule has 0 amide bonds. The van der Waals surface area contributed by atoms with Crippen LogP contribution >= 0.6 is 0 Å². The van der Waals surface area contributed by atoms with Gasteiger partial charge < -0.3 is 19.5 Å². The molecule has 0 aromatic heterocycles. The number of hydrogen-bond donors (Lipinski definition) is 1. The number of rotatable bonds is 5. The van der Waals surface area contributed by atoms with Gasteiger partial charge in [0.25, 0.3) is 0 Å². The highest BCUT2D eigenvalue weighted by molar-refractivity contribution is 5.58. The van der Waals surface area contributed by atoms with E-state index in [0.29, 0.717) is 19.8 Å². The van der Waals surface area contributed by atoms with Gasteiger partial charge in [0, 0.05) is 36.3 Å². The molecule has 126 valence electrons. The van der Waals surface area contributed by atoms with Gasteiger partial charge in [-0.05, 0) is 12.1 Å². The van der Waals surface area contributed by atoms with Crippen LogP contribution in [0.5, 0.6) is 17.2 Å². The second-order valence-electron chi connectivity index (χ2n) is 5.29. The first-order valence-electron chi connectivity index (χ1n) is 7.63. The zero-order valence-corrected chi connectivity index (χ0v) is 13.3. The fourth-order valence-corrected chi connectivity index (χ4v) is 2.53. The van der Waals surface area contributed by atoms with Crippen LogP contribution in [0.15, 0.2) is 36.4 Å². The summed E-state index contributed by atoms with van der Waals surface area (Å²) in [4.78, 5) is 10.5. The predicted octanol–water partition coefficient (Wildman–Crippen LogP) is 3.38. The molecule has 0 saturated carbocycles. The molecular weight excluding hydrogens is 312 g/mol. The molecule has 0 aliphatic carbocycles. The number of methoxy groups -OCH3 is 1. The minimum Gasteiger partial charge on any atom is -0.490 e. The predicted molar refractivity (Wildman–Crippen MR) is 89.0 cm³/mol. The van der Waals surface area contributed by atoms with Crippen LogP contribution in [0.4, 0.5) is 11.4 Å². The Bertz CT molecular complexity index is 748. The van der Waals surface area contributed by atoms with E-state index in [1.807, 2.05) is 18.2 Å². The van der Waals surface area contributed by atoms with Gasteiger partial charge in [0.15, 0.2) is 17.2 Å². The molecule has 1 heterocycles. The van der Waals surface area contributed by atoms with Crippen molar-refractivity contribution in [2.45, 2.75) is 13.0 Å². The molecule has 1 aliphatic rings. The number of para-hydroxylation sites is 1. The molecule has 0 bridgehead atoms. The van der Waals surface area contributed by atoms with Crippen LogP contribution < -0.4 is 19.5 Å². The van der Waals surface area contributed by atoms with E-state index in [-0.39, 0.29) is 11.4 Å². The van der Waals surface area contributed by atoms with Crippen molar-refractivity contribution < 1.29 is 19.1 Å². The first-order valence-corrected chi connectivity index (χ1v) is 7.63. The summed E-state index contributed by atoms with van der Waals surface area (Å²) in [6.45, 7) is 1.77. The number of nitro groups is 1. The SMILES string of the molecule is COc1cc(NCc2cccc3c2OCCCO3)ccc1[N+](=O)[O-]. The van der Waals surface area contributed by atoms with Gasteiger partial charge in [-0.3, -0.25) is 10.1 Å². The zero-order chi connectivity index (χ0) is 16.9. The molecule has 2 aromatic rings. The highest BCUT2D eigenvalue weighted by Crippen LogP contribution is 2.34. The van der Waals surface area contributed by atoms with E-state index < -0.39 is 4.92 Å². The molecule has 2 aromatic carbocycles. The quantitative estimate of drug-likeness (QED) is 0.668. The number of nitrogens with zero attached hydrogens (tertiary/aromatic N) is 1. The largest absolute Gasteiger partial charge is 0.490 e. The Morgan fingerprint density at radius 3 is 2.88 bits per heavy atom. The van der Waals surface area contributed by atoms with Crippen molar-refractivity contribution in [3.8, 4) is 17.2 Å². The third-order valence-electron chi connectivity index (χ3n) is 3.71. The van der Waals surface area contributed by atoms with E-state index in [0.717, 1.165) is 29.2 Å². The topological polar surface area (TPSA) is 82.9 Å². The Hall–Kier alpha value is -2.96. The molecule has 7 nitrogen and oxygen atoms in total. The average Bonchev–Trinajstić information content (AvgIpc) is 2.85. The maximum absolute atomic E-state index is 10.9. The number of nitro benzene ring substituents is 1. The van der Waals surface area contributed by atoms with Crippen LogP contribution in [-0.4, -0.2) is 25.2 Å². The van der Waals surface area contributed by atoms with Crippen LogP contribution in [0.2, 0.25) is 0 Å². The number of ether oxygens (including phenoxy) is 3. The van der Waals surface area contributed by atoms with E-state index in [1.165, 1.54) is 13.2 Å². The van der Waals surface area contributed by atoms with Gasteiger partial charge in [-0.1, -0.05) is 12.1 Å². The lowest BCUT2D eigenvalue weighted by atomic mass is 10.1. The molecule has 0 unspecified atom stereocenters. The molecular formula is C17H18N2O5. The van der Waals surface area contributed by atoms with Crippen LogP contribution in [0, 0.1) is 10.1 Å². The highest BCUT2D eigenvalue weighted by Gasteiger charge is 2.16. The smallest absolute Gasteiger partial charge is 0.311 e. The van der Waals surface area contributed by atoms with E-state index in [1.54, 1.807) is 12.1 Å². The summed E-state index contributed by atoms with van der Waals surface area (Å²) in [6, 6.07) is 10.5. The first-order chi connectivity index (χ1) is 11.7. The number of anilines is 1. The van der Waals surface area contributed by atoms with Crippen molar-refractivity contribution >= 4 is 11.4 Å². The molecule has 0 radical (unpaired) electrons. The summed E-state index contributed by atoms with van der Waals surface area (Å²) in [5.41, 5.74) is 1.63. The lowest BCUT2D eigenvalue weighted by Crippen LogP contribution is -2.04. The van der Waals surface area contributed by atoms with Crippen LogP contribution in [-0.2, 0) is 6.54 Å². The molecule has 7 heteroatoms. The zero-order valence-electron chi connectivity index (χ0n) is 13.3. The lowest BCUT2D eigenvalue weighted by molar-refractivity contribution is -0.385. The van der Waals surface area contributed by atoms with Crippen LogP contribution in [0.3, 0.4) is 0 Å². The molecule has 24 heavy (non-hydrogen) atoms. The monoisotopic (exact) mass is 330 g/mol. The Morgan fingerprint density at radius 1 is 1.25 bits per heavy atom. The third-order valence-corrected chi connectivity index (χ3v) is 3.71. The minimum atomic E-state index is -0.467. The molecule has 0 spiro atoms. The van der Waals surface area contributed by atoms with Gasteiger partial charge in [0.05, 0.1) is 25.2 Å². The van der Waals surface area contributed by atoms with Crippen molar-refractivity contribution in [1.82, 2.24) is 0 Å². The summed E-state index contributed by atoms with van der Waals surface area (Å²) in [5.74, 6) is 1.71. The van der Waals surface area contributed by atoms with Gasteiger partial charge in [-0.2, -0.15) is 0 Å². The van der Waals surface area contributed by atoms with Crippen LogP contribution in [0.1, 0.15) is 12.0 Å². The lowest BCUT2D eigenvalue weighted by Gasteiger charge is -2.14. The summed E-state index contributed by atoms with van der Waals surface area (Å²) in [7, 11) is 1.41. The van der Waals surface area contributed by atoms with Gasteiger partial charge in [0.2, 0.25) is 0 Å². The van der Waals surface area contributed by atoms with Crippen molar-refractivity contribution in [3.63, 3.8) is 0 Å². The fraction of sp³-hybridized carbons (Fsp3) is 0.294. The fourth-order valence-electron chi connectivity index (χ4n) is 2.53. The van der Waals surface area contributed by atoms with E-state index >= 15 is 0 Å². The highest BCUT2D eigenvalue weighted by atomic mass is 16.6. The molecule has 0 fully saturated rings. The number of benzene rings is 2. The molecule has 0 saturated heterocycles. The first kappa shape index (κ1) is 15.9. The van der Waals surface area contributed by atoms with Crippen molar-refractivity contribution in [3.05, 3.63) is 52.1 Å². The average molecular weight is 330 g/mol. The normalized spacial score (nSPS) is 13.0. The van der Waals surface area contributed by atoms with E-state index in [4.69, 9.17) is 14.2 Å². The van der Waals surface area contributed by atoms with E-state index in [9.17, 15) is 10.1 Å². The van der Waals surface area contributed by atoms with Crippen molar-refractivity contribution in [2.75, 3.05) is 25.6 Å². The summed E-state index contributed by atoms with van der Waals surface area (Å²) < 4.78 is 16.5. The minimum absolute atomic E-state index is 0.0617. The summed E-state index contributed by atoms with van der Waals surface area (Å²) in [6.07, 6.45) is 0.848. The maximum atomic E-state index is 10.9. The number of hydrogen-bond acceptors (Lipinski definition) is 6. The van der Waals surface area contributed by atoms with Gasteiger partial charge in [-0.25, -0.2) is 0 Å². The Morgan fingerprint density at radius 2 is 2.08 bits per heavy atom. The third kappa shape index (κ3) is 3.34. The summed E-state index contributed by atoms with van der Waals surface area (Å²) in [5, 5.41) is 14.2. The maximum Gasteiger partial charge on any atom is 0.311 e. The Labute approximate surface area is 139 Å². The second-order valence-corrected chi connectivity index (χ2v) is 5.29. The Balaban J connectivity index is 1.78. The second kappa shape index (κ2) is 7.08. The standard InChI is InChI=1S/C17H18N2O5/c1-22-16-10-13(6-7-14(16)19(20)21)18-11-12-4-2-5-15-17(12)24-9-3-8-23-15/h2,4-7,10,18H,3,8-9,11H2,1H3. The molecule has 1 aliphatic heterocycles. The van der Waals surface area contributed by atoms with Gasteiger partial charge in [-0.15, -0.1) is 0 Å². The molecule has 0 atom stereocenters. The molecule has 3 rings (SSSR count). The summed E-state index contributed by atoms with van der Waals surface area (Å²) >= 11 is 0. The van der Waals surface area contributed by atoms with Gasteiger partial charge in [0.1, 0.15) is 0 Å². The Kier molecular flexibility index (Phi) is 4.69. The number of fused-ring (bicyclic) bond motifs is 1. The van der Waals surface area contributed by atoms with E-state index in [2.05, 4.69) is 5.32 Å². The number of nitrogens with one attached hydrogen (secondary N) is 1. The molecule has 1 N–H and O–H groups in total. The van der Waals surface area contributed by atoms with Crippen molar-refractivity contribution in [2.24, 2.45) is 0 Å².